The van der Waals surface area contributed by atoms with Gasteiger partial charge in [0.1, 0.15) is 11.3 Å². The van der Waals surface area contributed by atoms with Gasteiger partial charge in [-0.1, -0.05) is 26.0 Å². The fraction of sp³-hybridized carbons (Fsp3) is 0.429. The molecule has 6 nitrogen and oxygen atoms in total. The summed E-state index contributed by atoms with van der Waals surface area (Å²) in [7, 11) is 0. The van der Waals surface area contributed by atoms with E-state index in [1.165, 1.54) is 6.07 Å². The number of H-pyrrole nitrogens is 1. The van der Waals surface area contributed by atoms with Crippen LogP contribution in [0.15, 0.2) is 39.5 Å². The maximum atomic E-state index is 12.6. The molecule has 0 aliphatic carbocycles. The summed E-state index contributed by atoms with van der Waals surface area (Å²) in [6.45, 7) is 9.40. The number of carbonyl (C=O) groups excluding carboxylic acids is 1. The number of amides is 1. The van der Waals surface area contributed by atoms with Crippen LogP contribution in [-0.4, -0.2) is 41.5 Å². The van der Waals surface area contributed by atoms with Crippen molar-refractivity contribution in [3.63, 3.8) is 0 Å². The van der Waals surface area contributed by atoms with Crippen LogP contribution in [0.25, 0.3) is 22.1 Å². The molecule has 144 valence electrons. The van der Waals surface area contributed by atoms with Crippen molar-refractivity contribution in [1.29, 1.82) is 0 Å². The van der Waals surface area contributed by atoms with Crippen molar-refractivity contribution in [3.05, 3.63) is 46.2 Å². The molecule has 3 aromatic rings. The lowest BCUT2D eigenvalue weighted by atomic mass is 10.1. The number of rotatable bonds is 8. The van der Waals surface area contributed by atoms with E-state index in [1.54, 1.807) is 6.07 Å². The van der Waals surface area contributed by atoms with Crippen LogP contribution in [0.2, 0.25) is 0 Å². The molecule has 1 amide bonds. The van der Waals surface area contributed by atoms with Gasteiger partial charge in [-0.05, 0) is 51.5 Å². The summed E-state index contributed by atoms with van der Waals surface area (Å²) in [5, 5.41) is 3.78. The second-order valence-electron chi connectivity index (χ2n) is 6.89. The molecule has 2 aromatic heterocycles. The Bertz CT molecular complexity index is 985. The Hall–Kier alpha value is -2.60. The molecule has 0 radical (unpaired) electrons. The van der Waals surface area contributed by atoms with Crippen LogP contribution < -0.4 is 10.7 Å². The molecule has 2 N–H and O–H groups in total. The SMILES string of the molecule is CCN(CC)CCCC(C)NC(=O)c1cc(=O)c2oc3ccccc3c2[nH]1. The molecule has 0 aliphatic heterocycles. The average Bonchev–Trinajstić information content (AvgIpc) is 3.04. The normalized spacial score (nSPS) is 12.7. The molecular weight excluding hydrogens is 342 g/mol. The number of hydrogen-bond acceptors (Lipinski definition) is 4. The highest BCUT2D eigenvalue weighted by Gasteiger charge is 2.16. The Balaban J connectivity index is 1.72. The summed E-state index contributed by atoms with van der Waals surface area (Å²) in [5.41, 5.74) is 1.41. The molecule has 0 saturated heterocycles. The predicted molar refractivity (Wildman–Crippen MR) is 108 cm³/mol. The molecule has 0 fully saturated rings. The predicted octanol–water partition coefficient (Wildman–Crippen LogP) is 3.51. The van der Waals surface area contributed by atoms with Crippen LogP contribution in [0.5, 0.6) is 0 Å². The van der Waals surface area contributed by atoms with Gasteiger partial charge in [-0.2, -0.15) is 0 Å². The first-order valence-corrected chi connectivity index (χ1v) is 9.61. The fourth-order valence-corrected chi connectivity index (χ4v) is 3.37. The van der Waals surface area contributed by atoms with Crippen molar-refractivity contribution >= 4 is 28.0 Å². The lowest BCUT2D eigenvalue weighted by molar-refractivity contribution is 0.0932. The zero-order valence-electron chi connectivity index (χ0n) is 16.2. The third-order valence-corrected chi connectivity index (χ3v) is 4.98. The van der Waals surface area contributed by atoms with E-state index in [1.807, 2.05) is 25.1 Å². The first-order valence-electron chi connectivity index (χ1n) is 9.61. The standard InChI is InChI=1S/C21H27N3O3/c1-4-24(5-2)12-8-9-14(3)22-21(26)16-13-17(25)20-19(23-16)15-10-6-7-11-18(15)27-20/h6-7,10-11,13-14H,4-5,8-9,12H2,1-3H3,(H,22,26)(H,23,25). The maximum absolute atomic E-state index is 12.6. The molecule has 2 heterocycles. The maximum Gasteiger partial charge on any atom is 0.268 e. The second-order valence-corrected chi connectivity index (χ2v) is 6.89. The van der Waals surface area contributed by atoms with Crippen LogP contribution >= 0.6 is 0 Å². The Morgan fingerprint density at radius 2 is 2.00 bits per heavy atom. The number of nitrogens with zero attached hydrogens (tertiary/aromatic N) is 1. The Kier molecular flexibility index (Phi) is 5.96. The number of aromatic amines is 1. The average molecular weight is 369 g/mol. The number of para-hydroxylation sites is 1. The highest BCUT2D eigenvalue weighted by molar-refractivity contribution is 6.04. The lowest BCUT2D eigenvalue weighted by Gasteiger charge is -2.19. The van der Waals surface area contributed by atoms with Gasteiger partial charge in [0.05, 0.1) is 5.52 Å². The molecule has 6 heteroatoms. The molecule has 1 atom stereocenters. The van der Waals surface area contributed by atoms with E-state index in [-0.39, 0.29) is 28.7 Å². The largest absolute Gasteiger partial charge is 0.450 e. The van der Waals surface area contributed by atoms with Crippen molar-refractivity contribution in [2.75, 3.05) is 19.6 Å². The van der Waals surface area contributed by atoms with Crippen LogP contribution in [0, 0.1) is 0 Å². The molecule has 0 bridgehead atoms. The summed E-state index contributed by atoms with van der Waals surface area (Å²) >= 11 is 0. The van der Waals surface area contributed by atoms with Crippen molar-refractivity contribution in [2.45, 2.75) is 39.7 Å². The van der Waals surface area contributed by atoms with Gasteiger partial charge in [0.15, 0.2) is 5.58 Å². The van der Waals surface area contributed by atoms with Crippen molar-refractivity contribution in [1.82, 2.24) is 15.2 Å². The third-order valence-electron chi connectivity index (χ3n) is 4.98. The minimum absolute atomic E-state index is 0.0355. The van der Waals surface area contributed by atoms with Crippen molar-refractivity contribution < 1.29 is 9.21 Å². The van der Waals surface area contributed by atoms with Gasteiger partial charge in [-0.3, -0.25) is 9.59 Å². The molecule has 3 rings (SSSR count). The van der Waals surface area contributed by atoms with E-state index >= 15 is 0 Å². The molecule has 0 aliphatic rings. The van der Waals surface area contributed by atoms with E-state index in [9.17, 15) is 9.59 Å². The second kappa shape index (κ2) is 8.39. The van der Waals surface area contributed by atoms with Gasteiger partial charge in [0.25, 0.3) is 5.91 Å². The quantitative estimate of drug-likeness (QED) is 0.637. The van der Waals surface area contributed by atoms with Gasteiger partial charge in [-0.25, -0.2) is 0 Å². The van der Waals surface area contributed by atoms with Crippen molar-refractivity contribution in [2.24, 2.45) is 0 Å². The summed E-state index contributed by atoms with van der Waals surface area (Å²) in [4.78, 5) is 30.4. The van der Waals surface area contributed by atoms with Crippen LogP contribution in [0.4, 0.5) is 0 Å². The molecule has 0 saturated carbocycles. The van der Waals surface area contributed by atoms with Crippen LogP contribution in [0.1, 0.15) is 44.1 Å². The van der Waals surface area contributed by atoms with Gasteiger partial charge < -0.3 is 19.6 Å². The first kappa shape index (κ1) is 19.2. The number of furan rings is 1. The highest BCUT2D eigenvalue weighted by atomic mass is 16.3. The molecule has 0 spiro atoms. The lowest BCUT2D eigenvalue weighted by Crippen LogP contribution is -2.34. The number of benzene rings is 1. The number of fused-ring (bicyclic) bond motifs is 3. The Morgan fingerprint density at radius 3 is 2.74 bits per heavy atom. The summed E-state index contributed by atoms with van der Waals surface area (Å²) < 4.78 is 5.62. The Labute approximate surface area is 158 Å². The fourth-order valence-electron chi connectivity index (χ4n) is 3.37. The highest BCUT2D eigenvalue weighted by Crippen LogP contribution is 2.24. The monoisotopic (exact) mass is 369 g/mol. The summed E-state index contributed by atoms with van der Waals surface area (Å²) in [6, 6.07) is 8.74. The molecule has 27 heavy (non-hydrogen) atoms. The zero-order chi connectivity index (χ0) is 19.4. The third kappa shape index (κ3) is 4.22. The topological polar surface area (TPSA) is 78.3 Å². The minimum Gasteiger partial charge on any atom is -0.450 e. The van der Waals surface area contributed by atoms with Crippen LogP contribution in [0.3, 0.4) is 0 Å². The van der Waals surface area contributed by atoms with E-state index in [2.05, 4.69) is 29.0 Å². The Morgan fingerprint density at radius 1 is 1.26 bits per heavy atom. The smallest absolute Gasteiger partial charge is 0.268 e. The number of nitrogens with one attached hydrogen (secondary N) is 2. The van der Waals surface area contributed by atoms with E-state index in [4.69, 9.17) is 4.42 Å². The number of pyridine rings is 1. The van der Waals surface area contributed by atoms with E-state index in [0.29, 0.717) is 11.1 Å². The number of carbonyl (C=O) groups is 1. The van der Waals surface area contributed by atoms with Crippen LogP contribution in [-0.2, 0) is 0 Å². The van der Waals surface area contributed by atoms with Gasteiger partial charge in [0, 0.05) is 17.5 Å². The minimum atomic E-state index is -0.292. The van der Waals surface area contributed by atoms with E-state index < -0.39 is 0 Å². The van der Waals surface area contributed by atoms with Gasteiger partial charge >= 0.3 is 0 Å². The molecule has 1 aromatic carbocycles. The number of aromatic nitrogens is 1. The van der Waals surface area contributed by atoms with Gasteiger partial charge in [-0.15, -0.1) is 0 Å². The first-order chi connectivity index (χ1) is 13.0. The van der Waals surface area contributed by atoms with Gasteiger partial charge in [0.2, 0.25) is 5.43 Å². The molecule has 1 unspecified atom stereocenters. The molecular formula is C21H27N3O3. The zero-order valence-corrected chi connectivity index (χ0v) is 16.2. The number of hydrogen-bond donors (Lipinski definition) is 2. The van der Waals surface area contributed by atoms with E-state index in [0.717, 1.165) is 37.9 Å². The summed E-state index contributed by atoms with van der Waals surface area (Å²) in [6.07, 6.45) is 1.91. The van der Waals surface area contributed by atoms with Crippen molar-refractivity contribution in [3.8, 4) is 0 Å². The summed E-state index contributed by atoms with van der Waals surface area (Å²) in [5.74, 6) is -0.269.